The summed E-state index contributed by atoms with van der Waals surface area (Å²) < 4.78 is 5.76. The number of amides is 1. The summed E-state index contributed by atoms with van der Waals surface area (Å²) in [6, 6.07) is 7.63. The Bertz CT molecular complexity index is 589. The zero-order chi connectivity index (χ0) is 14.5. The Morgan fingerprint density at radius 1 is 1.24 bits per heavy atom. The number of carbonyl (C=O) groups excluding carboxylic acids is 1. The van der Waals surface area contributed by atoms with E-state index in [4.69, 9.17) is 4.74 Å². The van der Waals surface area contributed by atoms with E-state index in [9.17, 15) is 4.79 Å². The second-order valence-electron chi connectivity index (χ2n) is 5.02. The molecule has 5 heteroatoms. The summed E-state index contributed by atoms with van der Waals surface area (Å²) in [6.45, 7) is 1.79. The average molecular weight is 283 g/mol. The minimum Gasteiger partial charge on any atom is -0.370 e. The molecule has 0 N–H and O–H groups in total. The zero-order valence-electron chi connectivity index (χ0n) is 11.7. The summed E-state index contributed by atoms with van der Waals surface area (Å²) in [5.74, 6) is 0.116. The predicted molar refractivity (Wildman–Crippen MR) is 77.5 cm³/mol. The molecule has 108 valence electrons. The molecule has 0 bridgehead atoms. The number of aromatic nitrogens is 2. The van der Waals surface area contributed by atoms with Crippen molar-refractivity contribution < 1.29 is 9.53 Å². The maximum Gasteiger partial charge on any atom is 0.227 e. The van der Waals surface area contributed by atoms with Crippen LogP contribution in [-0.4, -0.2) is 40.5 Å². The van der Waals surface area contributed by atoms with Crippen molar-refractivity contribution in [1.82, 2.24) is 14.9 Å². The molecule has 21 heavy (non-hydrogen) atoms. The molecule has 0 saturated carbocycles. The van der Waals surface area contributed by atoms with Crippen molar-refractivity contribution in [2.45, 2.75) is 12.5 Å². The van der Waals surface area contributed by atoms with E-state index in [0.717, 1.165) is 11.1 Å². The molecule has 3 heterocycles. The van der Waals surface area contributed by atoms with Crippen molar-refractivity contribution in [2.24, 2.45) is 0 Å². The van der Waals surface area contributed by atoms with Crippen LogP contribution in [0.2, 0.25) is 0 Å². The van der Waals surface area contributed by atoms with Gasteiger partial charge in [-0.15, -0.1) is 0 Å². The minimum atomic E-state index is -0.0698. The van der Waals surface area contributed by atoms with Gasteiger partial charge in [-0.25, -0.2) is 0 Å². The molecule has 0 radical (unpaired) electrons. The van der Waals surface area contributed by atoms with Gasteiger partial charge < -0.3 is 9.64 Å². The number of ether oxygens (including phenoxy) is 1. The highest BCUT2D eigenvalue weighted by atomic mass is 16.5. The lowest BCUT2D eigenvalue weighted by Gasteiger charge is -2.33. The van der Waals surface area contributed by atoms with Gasteiger partial charge >= 0.3 is 0 Å². The molecule has 3 rings (SSSR count). The number of pyridine rings is 2. The smallest absolute Gasteiger partial charge is 0.227 e. The Hall–Kier alpha value is -2.27. The van der Waals surface area contributed by atoms with Crippen molar-refractivity contribution in [3.63, 3.8) is 0 Å². The van der Waals surface area contributed by atoms with Gasteiger partial charge in [0.2, 0.25) is 5.91 Å². The molecule has 5 nitrogen and oxygen atoms in total. The lowest BCUT2D eigenvalue weighted by atomic mass is 10.1. The lowest BCUT2D eigenvalue weighted by Crippen LogP contribution is -2.43. The second kappa shape index (κ2) is 6.45. The Kier molecular flexibility index (Phi) is 4.21. The SMILES string of the molecule is O=C(Cc1cccnc1)N1CCOC(c2ccncc2)C1. The second-order valence-corrected chi connectivity index (χ2v) is 5.02. The van der Waals surface area contributed by atoms with E-state index in [2.05, 4.69) is 9.97 Å². The average Bonchev–Trinajstić information content (AvgIpc) is 2.57. The zero-order valence-corrected chi connectivity index (χ0v) is 11.7. The quantitative estimate of drug-likeness (QED) is 0.859. The summed E-state index contributed by atoms with van der Waals surface area (Å²) in [6.07, 6.45) is 7.25. The Balaban J connectivity index is 1.64. The molecule has 1 saturated heterocycles. The third-order valence-electron chi connectivity index (χ3n) is 3.58. The van der Waals surface area contributed by atoms with Crippen molar-refractivity contribution >= 4 is 5.91 Å². The number of morpholine rings is 1. The molecule has 1 amide bonds. The van der Waals surface area contributed by atoms with Gasteiger partial charge in [-0.1, -0.05) is 6.07 Å². The summed E-state index contributed by atoms with van der Waals surface area (Å²) in [5, 5.41) is 0. The van der Waals surface area contributed by atoms with Crippen LogP contribution in [0.5, 0.6) is 0 Å². The Labute approximate surface area is 123 Å². The highest BCUT2D eigenvalue weighted by molar-refractivity contribution is 5.78. The van der Waals surface area contributed by atoms with Gasteiger partial charge in [0, 0.05) is 31.3 Å². The van der Waals surface area contributed by atoms with Crippen LogP contribution in [-0.2, 0) is 16.0 Å². The van der Waals surface area contributed by atoms with E-state index in [1.54, 1.807) is 24.8 Å². The first-order valence-electron chi connectivity index (χ1n) is 7.01. The standard InChI is InChI=1S/C16H17N3O2/c20-16(10-13-2-1-5-18-11-13)19-8-9-21-15(12-19)14-3-6-17-7-4-14/h1-7,11,15H,8-10,12H2. The number of nitrogens with zero attached hydrogens (tertiary/aromatic N) is 3. The highest BCUT2D eigenvalue weighted by Gasteiger charge is 2.25. The lowest BCUT2D eigenvalue weighted by molar-refractivity contribution is -0.138. The minimum absolute atomic E-state index is 0.0698. The molecule has 1 aliphatic rings. The first-order valence-corrected chi connectivity index (χ1v) is 7.01. The number of hydrogen-bond donors (Lipinski definition) is 0. The summed E-state index contributed by atoms with van der Waals surface area (Å²) in [5.41, 5.74) is 2.00. The van der Waals surface area contributed by atoms with Crippen LogP contribution in [0.4, 0.5) is 0 Å². The Morgan fingerprint density at radius 2 is 2.10 bits per heavy atom. The van der Waals surface area contributed by atoms with Crippen molar-refractivity contribution in [1.29, 1.82) is 0 Å². The molecule has 0 aliphatic carbocycles. The first-order chi connectivity index (χ1) is 10.3. The fraction of sp³-hybridized carbons (Fsp3) is 0.312. The summed E-state index contributed by atoms with van der Waals surface area (Å²) >= 11 is 0. The van der Waals surface area contributed by atoms with Crippen LogP contribution in [0, 0.1) is 0 Å². The molecule has 1 atom stereocenters. The fourth-order valence-electron chi connectivity index (χ4n) is 2.44. The molecule has 1 unspecified atom stereocenters. The molecule has 1 fully saturated rings. The van der Waals surface area contributed by atoms with E-state index in [-0.39, 0.29) is 12.0 Å². The van der Waals surface area contributed by atoms with Gasteiger partial charge in [0.25, 0.3) is 0 Å². The maximum atomic E-state index is 12.4. The number of rotatable bonds is 3. The fourth-order valence-corrected chi connectivity index (χ4v) is 2.44. The summed E-state index contributed by atoms with van der Waals surface area (Å²) in [4.78, 5) is 22.3. The van der Waals surface area contributed by atoms with Gasteiger partial charge in [0.15, 0.2) is 0 Å². The van der Waals surface area contributed by atoms with E-state index in [1.807, 2.05) is 29.2 Å². The van der Waals surface area contributed by atoms with E-state index < -0.39 is 0 Å². The molecule has 0 spiro atoms. The van der Waals surface area contributed by atoms with Crippen molar-refractivity contribution in [3.05, 3.63) is 60.2 Å². The van der Waals surface area contributed by atoms with Crippen molar-refractivity contribution in [2.75, 3.05) is 19.7 Å². The van der Waals surface area contributed by atoms with Crippen LogP contribution in [0.3, 0.4) is 0 Å². The van der Waals surface area contributed by atoms with Gasteiger partial charge in [0.1, 0.15) is 6.10 Å². The van der Waals surface area contributed by atoms with Gasteiger partial charge in [-0.05, 0) is 29.3 Å². The molecule has 2 aromatic rings. The molecule has 0 aromatic carbocycles. The van der Waals surface area contributed by atoms with Crippen LogP contribution in [0.25, 0.3) is 0 Å². The predicted octanol–water partition coefficient (Wildman–Crippen LogP) is 1.62. The third kappa shape index (κ3) is 3.44. The van der Waals surface area contributed by atoms with Crippen LogP contribution in [0.15, 0.2) is 49.1 Å². The Morgan fingerprint density at radius 3 is 2.86 bits per heavy atom. The normalized spacial score (nSPS) is 18.5. The number of carbonyl (C=O) groups is 1. The van der Waals surface area contributed by atoms with Gasteiger partial charge in [0.05, 0.1) is 19.6 Å². The molecular formula is C16H17N3O2. The maximum absolute atomic E-state index is 12.4. The summed E-state index contributed by atoms with van der Waals surface area (Å²) in [7, 11) is 0. The van der Waals surface area contributed by atoms with E-state index >= 15 is 0 Å². The number of hydrogen-bond acceptors (Lipinski definition) is 4. The monoisotopic (exact) mass is 283 g/mol. The molecule has 1 aliphatic heterocycles. The van der Waals surface area contributed by atoms with Gasteiger partial charge in [-0.2, -0.15) is 0 Å². The van der Waals surface area contributed by atoms with E-state index in [1.165, 1.54) is 0 Å². The van der Waals surface area contributed by atoms with Crippen LogP contribution < -0.4 is 0 Å². The third-order valence-corrected chi connectivity index (χ3v) is 3.58. The topological polar surface area (TPSA) is 55.3 Å². The van der Waals surface area contributed by atoms with Crippen molar-refractivity contribution in [3.8, 4) is 0 Å². The largest absolute Gasteiger partial charge is 0.370 e. The van der Waals surface area contributed by atoms with E-state index in [0.29, 0.717) is 26.1 Å². The molecule has 2 aromatic heterocycles. The van der Waals surface area contributed by atoms with Crippen LogP contribution >= 0.6 is 0 Å². The first kappa shape index (κ1) is 13.7. The molecular weight excluding hydrogens is 266 g/mol. The van der Waals surface area contributed by atoms with Crippen LogP contribution in [0.1, 0.15) is 17.2 Å². The highest BCUT2D eigenvalue weighted by Crippen LogP contribution is 2.21. The van der Waals surface area contributed by atoms with Gasteiger partial charge in [-0.3, -0.25) is 14.8 Å².